The molecule has 1 rings (SSSR count). The van der Waals surface area contributed by atoms with Gasteiger partial charge in [-0.3, -0.25) is 0 Å². The zero-order valence-corrected chi connectivity index (χ0v) is 7.03. The van der Waals surface area contributed by atoms with Gasteiger partial charge in [0, 0.05) is 32.1 Å². The van der Waals surface area contributed by atoms with E-state index in [4.69, 9.17) is 11.6 Å². The van der Waals surface area contributed by atoms with E-state index in [0.29, 0.717) is 0 Å². The molecule has 0 aliphatic carbocycles. The van der Waals surface area contributed by atoms with Crippen LogP contribution < -0.4 is 5.32 Å². The fourth-order valence-electron chi connectivity index (χ4n) is 1.22. The Bertz CT molecular complexity index is 81.7. The molecule has 0 saturated carbocycles. The van der Waals surface area contributed by atoms with Crippen LogP contribution in [0.5, 0.6) is 0 Å². The van der Waals surface area contributed by atoms with Crippen LogP contribution in [0.25, 0.3) is 0 Å². The van der Waals surface area contributed by atoms with Gasteiger partial charge in [0.15, 0.2) is 0 Å². The highest BCUT2D eigenvalue weighted by molar-refractivity contribution is 6.17. The molecule has 1 aliphatic rings. The first-order valence-corrected chi connectivity index (χ1v) is 4.46. The number of alkyl halides is 1. The lowest BCUT2D eigenvalue weighted by Crippen LogP contribution is -2.43. The first-order valence-electron chi connectivity index (χ1n) is 3.92. The van der Waals surface area contributed by atoms with Crippen LogP contribution >= 0.6 is 11.6 Å². The summed E-state index contributed by atoms with van der Waals surface area (Å²) in [5.41, 5.74) is 0. The molecule has 0 aromatic carbocycles. The van der Waals surface area contributed by atoms with Crippen molar-refractivity contribution >= 4 is 11.6 Å². The van der Waals surface area contributed by atoms with Crippen molar-refractivity contribution in [1.29, 1.82) is 0 Å². The summed E-state index contributed by atoms with van der Waals surface area (Å²) in [6.07, 6.45) is 1.13. The van der Waals surface area contributed by atoms with Gasteiger partial charge in [0.25, 0.3) is 0 Å². The van der Waals surface area contributed by atoms with Crippen molar-refractivity contribution in [2.75, 3.05) is 38.6 Å². The monoisotopic (exact) mass is 162 g/mol. The maximum atomic E-state index is 5.58. The van der Waals surface area contributed by atoms with E-state index in [1.165, 1.54) is 19.6 Å². The lowest BCUT2D eigenvalue weighted by Gasteiger charge is -2.26. The van der Waals surface area contributed by atoms with E-state index in [2.05, 4.69) is 10.2 Å². The molecular weight excluding hydrogens is 148 g/mol. The standard InChI is InChI=1S/C7H15ClN2/c8-2-1-5-10-6-3-9-4-7-10/h9H,1-7H2. The van der Waals surface area contributed by atoms with Crippen LogP contribution in [0.15, 0.2) is 0 Å². The second kappa shape index (κ2) is 4.94. The molecule has 3 heteroatoms. The normalized spacial score (nSPS) is 21.3. The van der Waals surface area contributed by atoms with E-state index in [9.17, 15) is 0 Å². The Morgan fingerprint density at radius 2 is 2.00 bits per heavy atom. The molecule has 1 heterocycles. The fraction of sp³-hybridized carbons (Fsp3) is 1.00. The summed E-state index contributed by atoms with van der Waals surface area (Å²) in [7, 11) is 0. The number of nitrogens with zero attached hydrogens (tertiary/aromatic N) is 1. The third-order valence-electron chi connectivity index (χ3n) is 1.82. The second-order valence-corrected chi connectivity index (χ2v) is 3.01. The van der Waals surface area contributed by atoms with Gasteiger partial charge in [-0.2, -0.15) is 0 Å². The molecule has 10 heavy (non-hydrogen) atoms. The summed E-state index contributed by atoms with van der Waals surface area (Å²) in [6, 6.07) is 0. The van der Waals surface area contributed by atoms with Crippen molar-refractivity contribution in [3.63, 3.8) is 0 Å². The van der Waals surface area contributed by atoms with Gasteiger partial charge in [0.2, 0.25) is 0 Å². The predicted molar refractivity (Wildman–Crippen MR) is 44.6 cm³/mol. The molecule has 0 aromatic heterocycles. The maximum Gasteiger partial charge on any atom is 0.0235 e. The molecule has 60 valence electrons. The highest BCUT2D eigenvalue weighted by atomic mass is 35.5. The van der Waals surface area contributed by atoms with Gasteiger partial charge >= 0.3 is 0 Å². The molecular formula is C7H15ClN2. The Labute approximate surface area is 67.5 Å². The Morgan fingerprint density at radius 1 is 1.30 bits per heavy atom. The average Bonchev–Trinajstić information content (AvgIpc) is 2.03. The minimum atomic E-state index is 0.796. The average molecular weight is 163 g/mol. The van der Waals surface area contributed by atoms with Crippen molar-refractivity contribution in [2.24, 2.45) is 0 Å². The third kappa shape index (κ3) is 2.86. The number of rotatable bonds is 3. The van der Waals surface area contributed by atoms with Crippen LogP contribution in [0.1, 0.15) is 6.42 Å². The summed E-state index contributed by atoms with van der Waals surface area (Å²) in [4.78, 5) is 2.46. The van der Waals surface area contributed by atoms with Crippen LogP contribution in [0.4, 0.5) is 0 Å². The summed E-state index contributed by atoms with van der Waals surface area (Å²) >= 11 is 5.58. The maximum absolute atomic E-state index is 5.58. The predicted octanol–water partition coefficient (Wildman–Crippen LogP) is 0.520. The van der Waals surface area contributed by atoms with Crippen molar-refractivity contribution < 1.29 is 0 Å². The first-order chi connectivity index (χ1) is 4.93. The Hall–Kier alpha value is 0.210. The molecule has 0 unspecified atom stereocenters. The van der Waals surface area contributed by atoms with Gasteiger partial charge in [-0.05, 0) is 13.0 Å². The van der Waals surface area contributed by atoms with E-state index >= 15 is 0 Å². The first kappa shape index (κ1) is 8.31. The van der Waals surface area contributed by atoms with Crippen LogP contribution in [-0.2, 0) is 0 Å². The highest BCUT2D eigenvalue weighted by Gasteiger charge is 2.07. The van der Waals surface area contributed by atoms with Gasteiger partial charge in [0.05, 0.1) is 0 Å². The molecule has 0 atom stereocenters. The smallest absolute Gasteiger partial charge is 0.0235 e. The Balaban J connectivity index is 2.02. The minimum Gasteiger partial charge on any atom is -0.314 e. The van der Waals surface area contributed by atoms with Gasteiger partial charge in [0.1, 0.15) is 0 Å². The molecule has 0 radical (unpaired) electrons. The fourth-order valence-corrected chi connectivity index (χ4v) is 1.34. The van der Waals surface area contributed by atoms with Crippen molar-refractivity contribution in [3.05, 3.63) is 0 Å². The molecule has 2 nitrogen and oxygen atoms in total. The van der Waals surface area contributed by atoms with Crippen LogP contribution in [0.3, 0.4) is 0 Å². The van der Waals surface area contributed by atoms with Gasteiger partial charge < -0.3 is 10.2 Å². The largest absolute Gasteiger partial charge is 0.314 e. The van der Waals surface area contributed by atoms with Crippen molar-refractivity contribution in [2.45, 2.75) is 6.42 Å². The van der Waals surface area contributed by atoms with Crippen molar-refractivity contribution in [1.82, 2.24) is 10.2 Å². The summed E-state index contributed by atoms with van der Waals surface area (Å²) in [5.74, 6) is 0.796. The molecule has 1 aliphatic heterocycles. The van der Waals surface area contributed by atoms with E-state index in [1.807, 2.05) is 0 Å². The van der Waals surface area contributed by atoms with Gasteiger partial charge in [-0.15, -0.1) is 11.6 Å². The Kier molecular flexibility index (Phi) is 4.10. The lowest BCUT2D eigenvalue weighted by molar-refractivity contribution is 0.242. The summed E-state index contributed by atoms with van der Waals surface area (Å²) in [5, 5.41) is 3.32. The second-order valence-electron chi connectivity index (χ2n) is 2.63. The van der Waals surface area contributed by atoms with Crippen LogP contribution in [-0.4, -0.2) is 43.5 Å². The highest BCUT2D eigenvalue weighted by Crippen LogP contribution is 1.94. The molecule has 0 aromatic rings. The third-order valence-corrected chi connectivity index (χ3v) is 2.08. The molecule has 0 spiro atoms. The molecule has 1 saturated heterocycles. The van der Waals surface area contributed by atoms with Gasteiger partial charge in [-0.1, -0.05) is 0 Å². The summed E-state index contributed by atoms with van der Waals surface area (Å²) in [6.45, 7) is 5.84. The van der Waals surface area contributed by atoms with Crippen LogP contribution in [0, 0.1) is 0 Å². The zero-order chi connectivity index (χ0) is 7.23. The number of nitrogens with one attached hydrogen (secondary N) is 1. The number of halogens is 1. The minimum absolute atomic E-state index is 0.796. The number of hydrogen-bond acceptors (Lipinski definition) is 2. The zero-order valence-electron chi connectivity index (χ0n) is 6.27. The molecule has 0 bridgehead atoms. The van der Waals surface area contributed by atoms with E-state index < -0.39 is 0 Å². The van der Waals surface area contributed by atoms with E-state index in [1.54, 1.807) is 0 Å². The van der Waals surface area contributed by atoms with E-state index in [-0.39, 0.29) is 0 Å². The van der Waals surface area contributed by atoms with Crippen molar-refractivity contribution in [3.8, 4) is 0 Å². The van der Waals surface area contributed by atoms with Gasteiger partial charge in [-0.25, -0.2) is 0 Å². The quantitative estimate of drug-likeness (QED) is 0.609. The molecule has 0 amide bonds. The topological polar surface area (TPSA) is 15.3 Å². The van der Waals surface area contributed by atoms with E-state index in [0.717, 1.165) is 25.4 Å². The summed E-state index contributed by atoms with van der Waals surface area (Å²) < 4.78 is 0. The Morgan fingerprint density at radius 3 is 2.60 bits per heavy atom. The molecule has 1 fully saturated rings. The lowest BCUT2D eigenvalue weighted by atomic mass is 10.3. The molecule has 1 N–H and O–H groups in total. The van der Waals surface area contributed by atoms with Crippen LogP contribution in [0.2, 0.25) is 0 Å². The SMILES string of the molecule is ClCCCN1CCNCC1. The number of hydrogen-bond donors (Lipinski definition) is 1. The number of piperazine rings is 1.